The van der Waals surface area contributed by atoms with Crippen molar-refractivity contribution < 1.29 is 37.4 Å². The fourth-order valence-electron chi connectivity index (χ4n) is 3.94. The van der Waals surface area contributed by atoms with Gasteiger partial charge in [0.15, 0.2) is 18.1 Å². The molecule has 1 aromatic heterocycles. The molecule has 2 heterocycles. The van der Waals surface area contributed by atoms with E-state index in [4.69, 9.17) is 18.6 Å². The molecule has 208 valence electrons. The number of ether oxygens (including phenoxy) is 3. The van der Waals surface area contributed by atoms with Gasteiger partial charge in [-0.05, 0) is 67.9 Å². The zero-order valence-corrected chi connectivity index (χ0v) is 21.9. The normalized spacial score (nSPS) is 14.9. The maximum absolute atomic E-state index is 13.1. The van der Waals surface area contributed by atoms with Crippen LogP contribution in [0.15, 0.2) is 75.4 Å². The average molecular weight is 551 g/mol. The molecule has 1 aliphatic heterocycles. The molecule has 4 rings (SSSR count). The van der Waals surface area contributed by atoms with Gasteiger partial charge in [-0.15, -0.1) is 0 Å². The van der Waals surface area contributed by atoms with Crippen LogP contribution in [0.5, 0.6) is 11.5 Å². The lowest BCUT2D eigenvalue weighted by Crippen LogP contribution is -2.45. The molecular formula is C28H27FN4O7. The molecule has 0 spiro atoms. The summed E-state index contributed by atoms with van der Waals surface area (Å²) >= 11 is 0. The van der Waals surface area contributed by atoms with Crippen LogP contribution in [-0.4, -0.2) is 44.4 Å². The molecule has 0 bridgehead atoms. The SMILES string of the molecule is CCOC(=O)C1=C(C)NC(=O)N[C@H]1c1ccc(OCC(=O)N/N=C\c2ccc(-c3ccc(F)cc3)o2)c(OC)c1. The third-order valence-corrected chi connectivity index (χ3v) is 5.78. The first-order valence-corrected chi connectivity index (χ1v) is 12.2. The van der Waals surface area contributed by atoms with E-state index < -0.39 is 23.9 Å². The van der Waals surface area contributed by atoms with Gasteiger partial charge in [0.2, 0.25) is 0 Å². The molecule has 0 aliphatic carbocycles. The van der Waals surface area contributed by atoms with E-state index in [-0.39, 0.29) is 36.1 Å². The maximum atomic E-state index is 13.1. The molecule has 1 aliphatic rings. The quantitative estimate of drug-likeness (QED) is 0.198. The Hall–Kier alpha value is -5.13. The van der Waals surface area contributed by atoms with Gasteiger partial charge >= 0.3 is 12.0 Å². The van der Waals surface area contributed by atoms with E-state index in [9.17, 15) is 18.8 Å². The zero-order valence-electron chi connectivity index (χ0n) is 21.9. The van der Waals surface area contributed by atoms with Crippen LogP contribution >= 0.6 is 0 Å². The minimum Gasteiger partial charge on any atom is -0.493 e. The first kappa shape index (κ1) is 27.9. The summed E-state index contributed by atoms with van der Waals surface area (Å²) in [7, 11) is 1.42. The van der Waals surface area contributed by atoms with Crippen LogP contribution in [0, 0.1) is 5.82 Å². The van der Waals surface area contributed by atoms with Crippen LogP contribution in [0.2, 0.25) is 0 Å². The number of furan rings is 1. The highest BCUT2D eigenvalue weighted by atomic mass is 19.1. The van der Waals surface area contributed by atoms with E-state index in [0.717, 1.165) is 0 Å². The van der Waals surface area contributed by atoms with E-state index >= 15 is 0 Å². The number of nitrogens with one attached hydrogen (secondary N) is 3. The minimum atomic E-state index is -0.779. The Morgan fingerprint density at radius 2 is 1.90 bits per heavy atom. The van der Waals surface area contributed by atoms with Crippen LogP contribution in [0.3, 0.4) is 0 Å². The van der Waals surface area contributed by atoms with E-state index in [2.05, 4.69) is 21.2 Å². The molecule has 40 heavy (non-hydrogen) atoms. The maximum Gasteiger partial charge on any atom is 0.338 e. The standard InChI is InChI=1S/C28H27FN4O7/c1-4-38-27(35)25-16(2)31-28(36)32-26(25)18-7-11-22(23(13-18)37-3)39-15-24(34)33-30-14-20-10-12-21(40-20)17-5-8-19(29)9-6-17/h5-14,26H,4,15H2,1-3H3,(H,33,34)(H2,31,32,36)/b30-14-/t26-/m0/s1. The van der Waals surface area contributed by atoms with Crippen LogP contribution in [0.1, 0.15) is 31.2 Å². The van der Waals surface area contributed by atoms with Gasteiger partial charge in [0.25, 0.3) is 5.91 Å². The lowest BCUT2D eigenvalue weighted by molar-refractivity contribution is -0.139. The first-order chi connectivity index (χ1) is 19.3. The fraction of sp³-hybridized carbons (Fsp3) is 0.214. The molecule has 0 saturated carbocycles. The zero-order chi connectivity index (χ0) is 28.6. The Kier molecular flexibility index (Phi) is 8.79. The number of carbonyl (C=O) groups is 3. The number of benzene rings is 2. The summed E-state index contributed by atoms with van der Waals surface area (Å²) in [4.78, 5) is 36.9. The number of hydrazone groups is 1. The van der Waals surface area contributed by atoms with Gasteiger partial charge in [0, 0.05) is 11.3 Å². The van der Waals surface area contributed by atoms with Gasteiger partial charge < -0.3 is 29.3 Å². The second kappa shape index (κ2) is 12.6. The average Bonchev–Trinajstić information content (AvgIpc) is 3.40. The molecule has 0 radical (unpaired) electrons. The third kappa shape index (κ3) is 6.65. The van der Waals surface area contributed by atoms with E-state index in [1.807, 2.05) is 0 Å². The van der Waals surface area contributed by atoms with Crippen molar-refractivity contribution in [1.82, 2.24) is 16.1 Å². The van der Waals surface area contributed by atoms with E-state index in [1.54, 1.807) is 56.3 Å². The second-order valence-electron chi connectivity index (χ2n) is 8.49. The van der Waals surface area contributed by atoms with Gasteiger partial charge in [-0.2, -0.15) is 5.10 Å². The van der Waals surface area contributed by atoms with Crippen molar-refractivity contribution in [2.75, 3.05) is 20.3 Å². The van der Waals surface area contributed by atoms with E-state index in [0.29, 0.717) is 28.3 Å². The smallest absolute Gasteiger partial charge is 0.338 e. The Morgan fingerprint density at radius 3 is 2.62 bits per heavy atom. The van der Waals surface area contributed by atoms with Crippen LogP contribution in [0.4, 0.5) is 9.18 Å². The van der Waals surface area contributed by atoms with Gasteiger partial charge in [-0.3, -0.25) is 4.79 Å². The van der Waals surface area contributed by atoms with Gasteiger partial charge in [-0.1, -0.05) is 6.07 Å². The predicted molar refractivity (Wildman–Crippen MR) is 142 cm³/mol. The Balaban J connectivity index is 1.37. The number of carbonyl (C=O) groups excluding carboxylic acids is 3. The number of allylic oxidation sites excluding steroid dienone is 1. The van der Waals surface area contributed by atoms with Crippen molar-refractivity contribution in [3.63, 3.8) is 0 Å². The largest absolute Gasteiger partial charge is 0.493 e. The molecule has 0 fully saturated rings. The number of esters is 1. The number of rotatable bonds is 10. The summed E-state index contributed by atoms with van der Waals surface area (Å²) in [5.41, 5.74) is 4.23. The summed E-state index contributed by atoms with van der Waals surface area (Å²) in [5, 5.41) is 9.15. The molecule has 3 N–H and O–H groups in total. The Bertz CT molecular complexity index is 1460. The molecule has 11 nitrogen and oxygen atoms in total. The second-order valence-corrected chi connectivity index (χ2v) is 8.49. The first-order valence-electron chi connectivity index (χ1n) is 12.2. The van der Waals surface area contributed by atoms with Gasteiger partial charge in [0.1, 0.15) is 17.3 Å². The lowest BCUT2D eigenvalue weighted by atomic mass is 9.95. The number of hydrogen-bond acceptors (Lipinski definition) is 8. The number of nitrogens with zero attached hydrogens (tertiary/aromatic N) is 1. The predicted octanol–water partition coefficient (Wildman–Crippen LogP) is 3.81. The van der Waals surface area contributed by atoms with Crippen LogP contribution < -0.4 is 25.5 Å². The number of amides is 3. The highest BCUT2D eigenvalue weighted by Crippen LogP contribution is 2.34. The molecule has 1 atom stereocenters. The van der Waals surface area contributed by atoms with E-state index in [1.165, 1.54) is 25.5 Å². The molecule has 0 unspecified atom stereocenters. The number of urea groups is 1. The number of methoxy groups -OCH3 is 1. The van der Waals surface area contributed by atoms with Crippen molar-refractivity contribution in [3.05, 3.63) is 83.0 Å². The van der Waals surface area contributed by atoms with Crippen molar-refractivity contribution in [2.24, 2.45) is 5.10 Å². The van der Waals surface area contributed by atoms with Crippen molar-refractivity contribution >= 4 is 24.1 Å². The Labute approximate surface area is 229 Å². The lowest BCUT2D eigenvalue weighted by Gasteiger charge is -2.28. The van der Waals surface area contributed by atoms with Crippen LogP contribution in [0.25, 0.3) is 11.3 Å². The molecular weight excluding hydrogens is 523 g/mol. The fourth-order valence-corrected chi connectivity index (χ4v) is 3.94. The molecule has 0 saturated heterocycles. The molecule has 3 amide bonds. The van der Waals surface area contributed by atoms with Crippen molar-refractivity contribution in [3.8, 4) is 22.8 Å². The highest BCUT2D eigenvalue weighted by molar-refractivity contribution is 5.95. The molecule has 3 aromatic rings. The molecule has 2 aromatic carbocycles. The van der Waals surface area contributed by atoms with Crippen LogP contribution in [-0.2, 0) is 14.3 Å². The minimum absolute atomic E-state index is 0.178. The number of halogens is 1. The van der Waals surface area contributed by atoms with Crippen molar-refractivity contribution in [2.45, 2.75) is 19.9 Å². The summed E-state index contributed by atoms with van der Waals surface area (Å²) in [5.74, 6) is 0.00770. The third-order valence-electron chi connectivity index (χ3n) is 5.78. The summed E-state index contributed by atoms with van der Waals surface area (Å²) in [6.07, 6.45) is 1.32. The topological polar surface area (TPSA) is 140 Å². The summed E-state index contributed by atoms with van der Waals surface area (Å²) in [6, 6.07) is 12.8. The van der Waals surface area contributed by atoms with Crippen molar-refractivity contribution in [1.29, 1.82) is 0 Å². The van der Waals surface area contributed by atoms with Gasteiger partial charge in [0.05, 0.1) is 31.5 Å². The van der Waals surface area contributed by atoms with Gasteiger partial charge in [-0.25, -0.2) is 19.4 Å². The molecule has 12 heteroatoms. The summed E-state index contributed by atoms with van der Waals surface area (Å²) in [6.45, 7) is 3.11. The monoisotopic (exact) mass is 550 g/mol. The highest BCUT2D eigenvalue weighted by Gasteiger charge is 2.32. The summed E-state index contributed by atoms with van der Waals surface area (Å²) < 4.78 is 34.9. The number of hydrogen-bond donors (Lipinski definition) is 3. The Morgan fingerprint density at radius 1 is 1.12 bits per heavy atom.